The number of aromatic nitrogens is 1. The summed E-state index contributed by atoms with van der Waals surface area (Å²) in [4.78, 5) is 11.0. The molecule has 3 nitrogen and oxygen atoms in total. The summed E-state index contributed by atoms with van der Waals surface area (Å²) in [6.07, 6.45) is 7.05. The molecule has 1 aromatic heterocycles. The van der Waals surface area contributed by atoms with Crippen molar-refractivity contribution in [3.63, 3.8) is 0 Å². The van der Waals surface area contributed by atoms with E-state index in [0.29, 0.717) is 5.69 Å². The van der Waals surface area contributed by atoms with Crippen molar-refractivity contribution >= 4 is 5.69 Å². The monoisotopic (exact) mass is 180 g/mol. The summed E-state index contributed by atoms with van der Waals surface area (Å²) in [5.74, 6) is 0. The zero-order valence-electron chi connectivity index (χ0n) is 7.99. The lowest BCUT2D eigenvalue weighted by Gasteiger charge is -2.05. The fraction of sp³-hybridized carbons (Fsp3) is 0.500. The van der Waals surface area contributed by atoms with E-state index in [-0.39, 0.29) is 5.43 Å². The average Bonchev–Trinajstić information content (AvgIpc) is 2.12. The first-order chi connectivity index (χ1) is 6.24. The van der Waals surface area contributed by atoms with E-state index in [9.17, 15) is 4.79 Å². The number of nitrogens with two attached hydrogens (primary N) is 1. The van der Waals surface area contributed by atoms with Crippen LogP contribution in [0.3, 0.4) is 0 Å². The third-order valence-electron chi connectivity index (χ3n) is 2.03. The van der Waals surface area contributed by atoms with Gasteiger partial charge in [0.15, 0.2) is 0 Å². The fourth-order valence-corrected chi connectivity index (χ4v) is 1.23. The highest BCUT2D eigenvalue weighted by molar-refractivity contribution is 5.33. The molecule has 0 atom stereocenters. The first kappa shape index (κ1) is 9.84. The summed E-state index contributed by atoms with van der Waals surface area (Å²) in [5, 5.41) is 0. The molecule has 0 fully saturated rings. The van der Waals surface area contributed by atoms with Gasteiger partial charge in [-0.3, -0.25) is 4.79 Å². The molecule has 0 saturated heterocycles. The van der Waals surface area contributed by atoms with Crippen LogP contribution < -0.4 is 11.2 Å². The number of unbranched alkanes of at least 4 members (excludes halogenated alkanes) is 2. The van der Waals surface area contributed by atoms with Crippen LogP contribution in [0, 0.1) is 0 Å². The van der Waals surface area contributed by atoms with Crippen LogP contribution in [0.25, 0.3) is 0 Å². The van der Waals surface area contributed by atoms with Crippen molar-refractivity contribution in [2.45, 2.75) is 32.7 Å². The normalized spacial score (nSPS) is 10.2. The minimum Gasteiger partial charge on any atom is -0.394 e. The van der Waals surface area contributed by atoms with Gasteiger partial charge in [0.2, 0.25) is 5.43 Å². The molecular weight excluding hydrogens is 164 g/mol. The van der Waals surface area contributed by atoms with Gasteiger partial charge in [-0.1, -0.05) is 19.8 Å². The van der Waals surface area contributed by atoms with E-state index >= 15 is 0 Å². The summed E-state index contributed by atoms with van der Waals surface area (Å²) in [7, 11) is 0. The van der Waals surface area contributed by atoms with Gasteiger partial charge < -0.3 is 10.3 Å². The smallest absolute Gasteiger partial charge is 0.204 e. The van der Waals surface area contributed by atoms with Crippen molar-refractivity contribution in [1.29, 1.82) is 0 Å². The Labute approximate surface area is 78.2 Å². The number of pyridine rings is 1. The molecule has 0 unspecified atom stereocenters. The lowest BCUT2D eigenvalue weighted by Crippen LogP contribution is -2.10. The highest BCUT2D eigenvalue weighted by Crippen LogP contribution is 1.99. The SMILES string of the molecule is CCCCCn1ccc(=O)c(N)c1. The van der Waals surface area contributed by atoms with Crippen LogP contribution in [-0.4, -0.2) is 4.57 Å². The second-order valence-corrected chi connectivity index (χ2v) is 3.21. The summed E-state index contributed by atoms with van der Waals surface area (Å²) in [6.45, 7) is 3.11. The standard InChI is InChI=1S/C10H16N2O/c1-2-3-4-6-12-7-5-10(13)9(11)8-12/h5,7-8H,2-4,6,11H2,1H3. The Balaban J connectivity index is 2.58. The molecule has 3 heteroatoms. The Hall–Kier alpha value is -1.25. The summed E-state index contributed by atoms with van der Waals surface area (Å²) in [6, 6.07) is 1.52. The molecule has 0 saturated carbocycles. The van der Waals surface area contributed by atoms with Crippen molar-refractivity contribution in [2.75, 3.05) is 5.73 Å². The van der Waals surface area contributed by atoms with Crippen molar-refractivity contribution in [3.8, 4) is 0 Å². The van der Waals surface area contributed by atoms with Gasteiger partial charge in [-0.05, 0) is 6.42 Å². The maximum atomic E-state index is 11.0. The molecule has 1 heterocycles. The first-order valence-electron chi connectivity index (χ1n) is 4.69. The Bertz CT molecular complexity index is 317. The molecule has 0 spiro atoms. The number of anilines is 1. The quantitative estimate of drug-likeness (QED) is 0.716. The predicted octanol–water partition coefficient (Wildman–Crippen LogP) is 1.62. The van der Waals surface area contributed by atoms with Crippen LogP contribution in [0.4, 0.5) is 5.69 Å². The van der Waals surface area contributed by atoms with E-state index in [1.54, 1.807) is 12.4 Å². The second kappa shape index (κ2) is 4.70. The number of hydrogen-bond donors (Lipinski definition) is 1. The summed E-state index contributed by atoms with van der Waals surface area (Å²) in [5.41, 5.74) is 5.73. The molecule has 1 aromatic rings. The average molecular weight is 180 g/mol. The third-order valence-corrected chi connectivity index (χ3v) is 2.03. The van der Waals surface area contributed by atoms with E-state index in [1.165, 1.54) is 18.9 Å². The molecule has 0 aliphatic carbocycles. The van der Waals surface area contributed by atoms with Crippen LogP contribution in [-0.2, 0) is 6.54 Å². The van der Waals surface area contributed by atoms with E-state index in [1.807, 2.05) is 4.57 Å². The molecule has 72 valence electrons. The summed E-state index contributed by atoms with van der Waals surface area (Å²) < 4.78 is 1.96. The Morgan fingerprint density at radius 1 is 1.46 bits per heavy atom. The van der Waals surface area contributed by atoms with Crippen molar-refractivity contribution in [2.24, 2.45) is 0 Å². The lowest BCUT2D eigenvalue weighted by atomic mass is 10.2. The van der Waals surface area contributed by atoms with Crippen molar-refractivity contribution in [1.82, 2.24) is 4.57 Å². The Morgan fingerprint density at radius 2 is 2.23 bits per heavy atom. The van der Waals surface area contributed by atoms with Crippen LogP contribution in [0.15, 0.2) is 23.3 Å². The van der Waals surface area contributed by atoms with Gasteiger partial charge >= 0.3 is 0 Å². The van der Waals surface area contributed by atoms with Crippen molar-refractivity contribution in [3.05, 3.63) is 28.7 Å². The van der Waals surface area contributed by atoms with Gasteiger partial charge in [-0.2, -0.15) is 0 Å². The van der Waals surface area contributed by atoms with E-state index < -0.39 is 0 Å². The van der Waals surface area contributed by atoms with Gasteiger partial charge in [0.25, 0.3) is 0 Å². The molecule has 0 bridgehead atoms. The van der Waals surface area contributed by atoms with Crippen LogP contribution in [0.1, 0.15) is 26.2 Å². The van der Waals surface area contributed by atoms with Crippen molar-refractivity contribution < 1.29 is 0 Å². The topological polar surface area (TPSA) is 48.0 Å². The molecule has 13 heavy (non-hydrogen) atoms. The van der Waals surface area contributed by atoms with Crippen LogP contribution in [0.5, 0.6) is 0 Å². The maximum absolute atomic E-state index is 11.0. The van der Waals surface area contributed by atoms with Gasteiger partial charge in [-0.25, -0.2) is 0 Å². The number of hydrogen-bond acceptors (Lipinski definition) is 2. The highest BCUT2D eigenvalue weighted by atomic mass is 16.1. The minimum absolute atomic E-state index is 0.0910. The van der Waals surface area contributed by atoms with E-state index in [4.69, 9.17) is 5.73 Å². The highest BCUT2D eigenvalue weighted by Gasteiger charge is 1.94. The van der Waals surface area contributed by atoms with E-state index in [2.05, 4.69) is 6.92 Å². The van der Waals surface area contributed by atoms with Crippen LogP contribution in [0.2, 0.25) is 0 Å². The zero-order valence-corrected chi connectivity index (χ0v) is 7.99. The maximum Gasteiger partial charge on any atom is 0.204 e. The number of rotatable bonds is 4. The predicted molar refractivity (Wildman–Crippen MR) is 54.6 cm³/mol. The Kier molecular flexibility index (Phi) is 3.55. The van der Waals surface area contributed by atoms with Crippen LogP contribution >= 0.6 is 0 Å². The summed E-state index contributed by atoms with van der Waals surface area (Å²) >= 11 is 0. The molecule has 2 N–H and O–H groups in total. The second-order valence-electron chi connectivity index (χ2n) is 3.21. The molecule has 0 aliphatic rings. The number of aryl methyl sites for hydroxylation is 1. The minimum atomic E-state index is -0.0910. The number of nitrogen functional groups attached to an aromatic ring is 1. The first-order valence-corrected chi connectivity index (χ1v) is 4.69. The molecular formula is C10H16N2O. The fourth-order valence-electron chi connectivity index (χ4n) is 1.23. The zero-order chi connectivity index (χ0) is 9.68. The lowest BCUT2D eigenvalue weighted by molar-refractivity contribution is 0.600. The third kappa shape index (κ3) is 2.93. The molecule has 0 amide bonds. The van der Waals surface area contributed by atoms with Gasteiger partial charge in [0.1, 0.15) is 0 Å². The van der Waals surface area contributed by atoms with Gasteiger partial charge in [-0.15, -0.1) is 0 Å². The molecule has 1 rings (SSSR count). The van der Waals surface area contributed by atoms with E-state index in [0.717, 1.165) is 13.0 Å². The molecule has 0 aromatic carbocycles. The largest absolute Gasteiger partial charge is 0.394 e. The van der Waals surface area contributed by atoms with Gasteiger partial charge in [0, 0.05) is 25.0 Å². The molecule has 0 aliphatic heterocycles. The number of nitrogens with zero attached hydrogens (tertiary/aromatic N) is 1. The van der Waals surface area contributed by atoms with Gasteiger partial charge in [0.05, 0.1) is 5.69 Å². The molecule has 0 radical (unpaired) electrons. The Morgan fingerprint density at radius 3 is 2.85 bits per heavy atom.